The van der Waals surface area contributed by atoms with Gasteiger partial charge in [-0.1, -0.05) is 29.3 Å². The van der Waals surface area contributed by atoms with Gasteiger partial charge in [0.15, 0.2) is 0 Å². The Kier molecular flexibility index (Phi) is 4.92. The lowest BCUT2D eigenvalue weighted by Gasteiger charge is -2.15. The predicted octanol–water partition coefficient (Wildman–Crippen LogP) is 5.21. The van der Waals surface area contributed by atoms with Gasteiger partial charge in [0.2, 0.25) is 5.95 Å². The number of halogens is 4. The first-order chi connectivity index (χ1) is 9.91. The molecule has 0 saturated carbocycles. The van der Waals surface area contributed by atoms with Gasteiger partial charge in [-0.15, -0.1) is 0 Å². The Morgan fingerprint density at radius 3 is 2.76 bits per heavy atom. The average molecular weight is 362 g/mol. The third kappa shape index (κ3) is 4.00. The molecule has 7 heteroatoms. The fourth-order valence-electron chi connectivity index (χ4n) is 1.92. The molecule has 3 nitrogen and oxygen atoms in total. The van der Waals surface area contributed by atoms with Crippen molar-refractivity contribution in [2.24, 2.45) is 0 Å². The van der Waals surface area contributed by atoms with E-state index in [1.54, 1.807) is 18.5 Å². The summed E-state index contributed by atoms with van der Waals surface area (Å²) in [7, 11) is 0. The Bertz CT molecular complexity index is 608. The van der Waals surface area contributed by atoms with E-state index < -0.39 is 11.7 Å². The molecule has 2 rings (SSSR count). The number of imidazole rings is 1. The summed E-state index contributed by atoms with van der Waals surface area (Å²) >= 11 is 3.07. The fourth-order valence-corrected chi connectivity index (χ4v) is 2.28. The van der Waals surface area contributed by atoms with Crippen LogP contribution >= 0.6 is 15.9 Å². The molecule has 21 heavy (non-hydrogen) atoms. The smallest absolute Gasteiger partial charge is 0.325 e. The van der Waals surface area contributed by atoms with Gasteiger partial charge in [-0.3, -0.25) is 0 Å². The molecule has 0 aliphatic heterocycles. The van der Waals surface area contributed by atoms with E-state index in [1.165, 1.54) is 6.07 Å². The Labute approximate surface area is 129 Å². The summed E-state index contributed by atoms with van der Waals surface area (Å²) in [6.45, 7) is 2.78. The number of rotatable bonds is 5. The molecular formula is C14H15BrF3N3. The van der Waals surface area contributed by atoms with Crippen LogP contribution in [-0.2, 0) is 12.7 Å². The molecule has 0 unspecified atom stereocenters. The van der Waals surface area contributed by atoms with E-state index in [1.807, 2.05) is 4.57 Å². The molecule has 2 aromatic rings. The quantitative estimate of drug-likeness (QED) is 0.792. The normalized spacial score (nSPS) is 11.7. The number of aryl methyl sites for hydroxylation is 1. The van der Waals surface area contributed by atoms with E-state index in [-0.39, 0.29) is 5.69 Å². The van der Waals surface area contributed by atoms with Crippen LogP contribution in [0.15, 0.2) is 35.1 Å². The lowest BCUT2D eigenvalue weighted by molar-refractivity contribution is -0.137. The monoisotopic (exact) mass is 361 g/mol. The van der Waals surface area contributed by atoms with E-state index in [0.29, 0.717) is 10.4 Å². The van der Waals surface area contributed by atoms with Crippen molar-refractivity contribution in [2.75, 3.05) is 5.32 Å². The molecule has 0 radical (unpaired) electrons. The van der Waals surface area contributed by atoms with E-state index in [0.717, 1.165) is 25.5 Å². The SMILES string of the molecule is CCCCn1ccnc1Nc1ccc(Br)cc1C(F)(F)F. The number of anilines is 2. The van der Waals surface area contributed by atoms with Crippen LogP contribution in [0.4, 0.5) is 24.8 Å². The summed E-state index contributed by atoms with van der Waals surface area (Å²) in [5.41, 5.74) is -0.725. The zero-order valence-electron chi connectivity index (χ0n) is 11.4. The van der Waals surface area contributed by atoms with Gasteiger partial charge in [0, 0.05) is 23.4 Å². The maximum absolute atomic E-state index is 13.1. The van der Waals surface area contributed by atoms with Crippen molar-refractivity contribution in [3.05, 3.63) is 40.6 Å². The van der Waals surface area contributed by atoms with Gasteiger partial charge in [0.25, 0.3) is 0 Å². The molecule has 1 N–H and O–H groups in total. The highest BCUT2D eigenvalue weighted by atomic mass is 79.9. The highest BCUT2D eigenvalue weighted by Crippen LogP contribution is 2.37. The molecule has 0 aliphatic rings. The van der Waals surface area contributed by atoms with Crippen LogP contribution in [0.3, 0.4) is 0 Å². The summed E-state index contributed by atoms with van der Waals surface area (Å²) < 4.78 is 41.4. The molecule has 0 amide bonds. The van der Waals surface area contributed by atoms with Crippen molar-refractivity contribution in [1.82, 2.24) is 9.55 Å². The molecule has 1 heterocycles. The third-order valence-corrected chi connectivity index (χ3v) is 3.49. The molecule has 114 valence electrons. The van der Waals surface area contributed by atoms with Crippen LogP contribution in [0.5, 0.6) is 0 Å². The molecule has 0 aliphatic carbocycles. The molecule has 0 saturated heterocycles. The van der Waals surface area contributed by atoms with Crippen molar-refractivity contribution in [3.8, 4) is 0 Å². The second kappa shape index (κ2) is 6.51. The minimum atomic E-state index is -4.42. The van der Waals surface area contributed by atoms with E-state index in [2.05, 4.69) is 33.2 Å². The fraction of sp³-hybridized carbons (Fsp3) is 0.357. The lowest BCUT2D eigenvalue weighted by Crippen LogP contribution is -2.11. The highest BCUT2D eigenvalue weighted by molar-refractivity contribution is 9.10. The summed E-state index contributed by atoms with van der Waals surface area (Å²) in [5, 5.41) is 2.77. The number of aromatic nitrogens is 2. The first-order valence-electron chi connectivity index (χ1n) is 6.56. The number of nitrogens with one attached hydrogen (secondary N) is 1. The van der Waals surface area contributed by atoms with Gasteiger partial charge < -0.3 is 9.88 Å². The number of nitrogens with zero attached hydrogens (tertiary/aromatic N) is 2. The van der Waals surface area contributed by atoms with Gasteiger partial charge in [-0.05, 0) is 24.6 Å². The molecule has 0 fully saturated rings. The van der Waals surface area contributed by atoms with Crippen LogP contribution in [0.1, 0.15) is 25.3 Å². The molecule has 0 atom stereocenters. The maximum Gasteiger partial charge on any atom is 0.418 e. The molecular weight excluding hydrogens is 347 g/mol. The van der Waals surface area contributed by atoms with Crippen LogP contribution < -0.4 is 5.32 Å². The van der Waals surface area contributed by atoms with Crippen LogP contribution in [0, 0.1) is 0 Å². The van der Waals surface area contributed by atoms with Gasteiger partial charge in [0.1, 0.15) is 0 Å². The Balaban J connectivity index is 2.30. The number of benzene rings is 1. The lowest BCUT2D eigenvalue weighted by atomic mass is 10.1. The van der Waals surface area contributed by atoms with Gasteiger partial charge in [-0.2, -0.15) is 13.2 Å². The van der Waals surface area contributed by atoms with E-state index in [9.17, 15) is 13.2 Å². The minimum absolute atomic E-state index is 0.00496. The Hall–Kier alpha value is -1.50. The number of unbranched alkanes of at least 4 members (excludes halogenated alkanes) is 1. The summed E-state index contributed by atoms with van der Waals surface area (Å²) in [6.07, 6.45) is 0.850. The van der Waals surface area contributed by atoms with Crippen LogP contribution in [0.2, 0.25) is 0 Å². The molecule has 0 spiro atoms. The van der Waals surface area contributed by atoms with E-state index >= 15 is 0 Å². The Morgan fingerprint density at radius 1 is 1.33 bits per heavy atom. The van der Waals surface area contributed by atoms with Gasteiger partial charge in [-0.25, -0.2) is 4.98 Å². The summed E-state index contributed by atoms with van der Waals surface area (Å²) in [4.78, 5) is 4.08. The maximum atomic E-state index is 13.1. The van der Waals surface area contributed by atoms with Crippen molar-refractivity contribution in [2.45, 2.75) is 32.5 Å². The van der Waals surface area contributed by atoms with Crippen molar-refractivity contribution < 1.29 is 13.2 Å². The largest absolute Gasteiger partial charge is 0.418 e. The number of hydrogen-bond donors (Lipinski definition) is 1. The standard InChI is InChI=1S/C14H15BrF3N3/c1-2-3-7-21-8-6-19-13(21)20-12-5-4-10(15)9-11(12)14(16,17)18/h4-6,8-9H,2-3,7H2,1H3,(H,19,20). The number of alkyl halides is 3. The van der Waals surface area contributed by atoms with Gasteiger partial charge in [0.05, 0.1) is 11.3 Å². The first-order valence-corrected chi connectivity index (χ1v) is 7.36. The average Bonchev–Trinajstić information content (AvgIpc) is 2.84. The van der Waals surface area contributed by atoms with Gasteiger partial charge >= 0.3 is 6.18 Å². The highest BCUT2D eigenvalue weighted by Gasteiger charge is 2.34. The van der Waals surface area contributed by atoms with Crippen molar-refractivity contribution >= 4 is 27.6 Å². The Morgan fingerprint density at radius 2 is 2.10 bits per heavy atom. The summed E-state index contributed by atoms with van der Waals surface area (Å²) in [5.74, 6) is 0.413. The second-order valence-corrected chi connectivity index (χ2v) is 5.53. The summed E-state index contributed by atoms with van der Waals surface area (Å²) in [6, 6.07) is 4.02. The predicted molar refractivity (Wildman–Crippen MR) is 79.6 cm³/mol. The van der Waals surface area contributed by atoms with Crippen LogP contribution in [-0.4, -0.2) is 9.55 Å². The topological polar surface area (TPSA) is 29.9 Å². The third-order valence-electron chi connectivity index (χ3n) is 3.00. The van der Waals surface area contributed by atoms with E-state index in [4.69, 9.17) is 0 Å². The molecule has 1 aromatic carbocycles. The zero-order chi connectivity index (χ0) is 15.5. The molecule has 1 aromatic heterocycles. The van der Waals surface area contributed by atoms with Crippen molar-refractivity contribution in [3.63, 3.8) is 0 Å². The molecule has 0 bridgehead atoms. The second-order valence-electron chi connectivity index (χ2n) is 4.61. The first kappa shape index (κ1) is 15.9. The van der Waals surface area contributed by atoms with Crippen molar-refractivity contribution in [1.29, 1.82) is 0 Å². The minimum Gasteiger partial charge on any atom is -0.325 e. The number of hydrogen-bond acceptors (Lipinski definition) is 2. The zero-order valence-corrected chi connectivity index (χ0v) is 13.0. The van der Waals surface area contributed by atoms with Crippen LogP contribution in [0.25, 0.3) is 0 Å².